The Kier molecular flexibility index (Phi) is 6.08. The molecule has 1 aliphatic carbocycles. The van der Waals surface area contributed by atoms with Gasteiger partial charge < -0.3 is 10.3 Å². The Hall–Kier alpha value is -0.830. The molecular weight excluding hydrogens is 246 g/mol. The van der Waals surface area contributed by atoms with Crippen LogP contribution in [0.3, 0.4) is 0 Å². The molecule has 0 fully saturated rings. The second kappa shape index (κ2) is 7.82. The monoisotopic (exact) mass is 277 g/mol. The van der Waals surface area contributed by atoms with Crippen molar-refractivity contribution in [2.75, 3.05) is 0 Å². The number of nitrogens with zero attached hydrogens (tertiary/aromatic N) is 2. The van der Waals surface area contributed by atoms with Crippen molar-refractivity contribution in [2.45, 2.75) is 83.6 Å². The van der Waals surface area contributed by atoms with Crippen molar-refractivity contribution >= 4 is 0 Å². The molecule has 1 unspecified atom stereocenters. The fourth-order valence-corrected chi connectivity index (χ4v) is 3.26. The van der Waals surface area contributed by atoms with Crippen molar-refractivity contribution in [2.24, 2.45) is 12.8 Å². The van der Waals surface area contributed by atoms with Gasteiger partial charge in [-0.2, -0.15) is 0 Å². The Morgan fingerprint density at radius 1 is 1.15 bits per heavy atom. The van der Waals surface area contributed by atoms with Crippen molar-refractivity contribution in [3.8, 4) is 0 Å². The lowest BCUT2D eigenvalue weighted by Crippen LogP contribution is -2.28. The number of unbranched alkanes of at least 4 members (excludes halogenated alkanes) is 6. The molecule has 3 heteroatoms. The van der Waals surface area contributed by atoms with Gasteiger partial charge in [-0.15, -0.1) is 0 Å². The van der Waals surface area contributed by atoms with Gasteiger partial charge in [-0.3, -0.25) is 0 Å². The van der Waals surface area contributed by atoms with E-state index in [4.69, 9.17) is 10.7 Å². The first-order valence-corrected chi connectivity index (χ1v) is 8.51. The van der Waals surface area contributed by atoms with Crippen LogP contribution in [-0.2, 0) is 26.3 Å². The van der Waals surface area contributed by atoms with Crippen LogP contribution in [0.15, 0.2) is 0 Å². The van der Waals surface area contributed by atoms with E-state index in [-0.39, 0.29) is 0 Å². The number of imidazole rings is 1. The molecule has 1 aliphatic rings. The summed E-state index contributed by atoms with van der Waals surface area (Å²) < 4.78 is 2.33. The molecule has 0 spiro atoms. The zero-order valence-electron chi connectivity index (χ0n) is 13.3. The van der Waals surface area contributed by atoms with E-state index >= 15 is 0 Å². The van der Waals surface area contributed by atoms with Crippen molar-refractivity contribution in [3.05, 3.63) is 17.2 Å². The molecule has 3 nitrogen and oxygen atoms in total. The predicted octanol–water partition coefficient (Wildman–Crippen LogP) is 3.53. The third-order valence-electron chi connectivity index (χ3n) is 4.60. The summed E-state index contributed by atoms with van der Waals surface area (Å²) in [4.78, 5) is 4.83. The standard InChI is InChI=1S/C17H31N3/c1-3-4-5-6-7-8-9-10-17-19-15-13-14(18)11-12-16(15)20(17)2/h14H,3-13,18H2,1-2H3. The number of hydrogen-bond acceptors (Lipinski definition) is 2. The highest BCUT2D eigenvalue weighted by molar-refractivity contribution is 5.21. The van der Waals surface area contributed by atoms with Crippen LogP contribution in [0.25, 0.3) is 0 Å². The van der Waals surface area contributed by atoms with E-state index in [0.29, 0.717) is 6.04 Å². The Morgan fingerprint density at radius 3 is 2.60 bits per heavy atom. The Morgan fingerprint density at radius 2 is 1.85 bits per heavy atom. The predicted molar refractivity (Wildman–Crippen MR) is 84.9 cm³/mol. The number of aryl methyl sites for hydroxylation is 1. The summed E-state index contributed by atoms with van der Waals surface area (Å²) in [6.07, 6.45) is 13.9. The van der Waals surface area contributed by atoms with E-state index in [1.807, 2.05) is 0 Å². The molecule has 114 valence electrons. The zero-order chi connectivity index (χ0) is 14.4. The quantitative estimate of drug-likeness (QED) is 0.739. The molecule has 0 amide bonds. The lowest BCUT2D eigenvalue weighted by Gasteiger charge is -2.17. The molecule has 1 atom stereocenters. The molecule has 1 aromatic heterocycles. The van der Waals surface area contributed by atoms with Crippen molar-refractivity contribution < 1.29 is 0 Å². The first-order valence-electron chi connectivity index (χ1n) is 8.51. The first-order chi connectivity index (χ1) is 9.72. The van der Waals surface area contributed by atoms with Crippen LogP contribution in [0.4, 0.5) is 0 Å². The van der Waals surface area contributed by atoms with E-state index in [0.717, 1.165) is 25.7 Å². The highest BCUT2D eigenvalue weighted by Gasteiger charge is 2.21. The highest BCUT2D eigenvalue weighted by Crippen LogP contribution is 2.22. The summed E-state index contributed by atoms with van der Waals surface area (Å²) in [6, 6.07) is 0.323. The SMILES string of the molecule is CCCCCCCCCc1nc2c(n1C)CCC(N)C2. The highest BCUT2D eigenvalue weighted by atomic mass is 15.1. The molecule has 0 radical (unpaired) electrons. The van der Waals surface area contributed by atoms with E-state index in [9.17, 15) is 0 Å². The minimum atomic E-state index is 0.323. The van der Waals surface area contributed by atoms with Crippen molar-refractivity contribution in [1.82, 2.24) is 9.55 Å². The molecule has 0 bridgehead atoms. The van der Waals surface area contributed by atoms with Crippen LogP contribution in [0.5, 0.6) is 0 Å². The average molecular weight is 277 g/mol. The van der Waals surface area contributed by atoms with Crippen molar-refractivity contribution in [3.63, 3.8) is 0 Å². The molecule has 0 saturated heterocycles. The smallest absolute Gasteiger partial charge is 0.108 e. The Bertz CT molecular complexity index is 409. The lowest BCUT2D eigenvalue weighted by atomic mass is 9.97. The summed E-state index contributed by atoms with van der Waals surface area (Å²) >= 11 is 0. The van der Waals surface area contributed by atoms with Crippen LogP contribution in [0.1, 0.15) is 75.5 Å². The number of aromatic nitrogens is 2. The largest absolute Gasteiger partial charge is 0.335 e. The second-order valence-electron chi connectivity index (χ2n) is 6.35. The fraction of sp³-hybridized carbons (Fsp3) is 0.824. The van der Waals surface area contributed by atoms with Gasteiger partial charge in [0.1, 0.15) is 5.82 Å². The maximum Gasteiger partial charge on any atom is 0.108 e. The number of hydrogen-bond donors (Lipinski definition) is 1. The molecule has 2 N–H and O–H groups in total. The van der Waals surface area contributed by atoms with Crippen LogP contribution < -0.4 is 5.73 Å². The summed E-state index contributed by atoms with van der Waals surface area (Å²) in [5, 5.41) is 0. The van der Waals surface area contributed by atoms with E-state index in [1.165, 1.54) is 62.2 Å². The van der Waals surface area contributed by atoms with Gasteiger partial charge in [0.2, 0.25) is 0 Å². The van der Waals surface area contributed by atoms with Gasteiger partial charge in [-0.25, -0.2) is 4.98 Å². The van der Waals surface area contributed by atoms with Crippen LogP contribution in [0.2, 0.25) is 0 Å². The summed E-state index contributed by atoms with van der Waals surface area (Å²) in [5.41, 5.74) is 8.74. The molecule has 1 heterocycles. The minimum Gasteiger partial charge on any atom is -0.335 e. The third kappa shape index (κ3) is 4.08. The van der Waals surface area contributed by atoms with Gasteiger partial charge >= 0.3 is 0 Å². The second-order valence-corrected chi connectivity index (χ2v) is 6.35. The molecule has 1 aromatic rings. The van der Waals surface area contributed by atoms with Gasteiger partial charge in [0, 0.05) is 31.6 Å². The summed E-state index contributed by atoms with van der Waals surface area (Å²) in [7, 11) is 2.18. The lowest BCUT2D eigenvalue weighted by molar-refractivity contribution is 0.552. The van der Waals surface area contributed by atoms with Gasteiger partial charge in [0.15, 0.2) is 0 Å². The number of fused-ring (bicyclic) bond motifs is 1. The molecule has 0 aromatic carbocycles. The molecule has 0 aliphatic heterocycles. The molecule has 0 saturated carbocycles. The van der Waals surface area contributed by atoms with Crippen LogP contribution in [0, 0.1) is 0 Å². The van der Waals surface area contributed by atoms with Gasteiger partial charge in [0.05, 0.1) is 5.69 Å². The molecule has 20 heavy (non-hydrogen) atoms. The van der Waals surface area contributed by atoms with Gasteiger partial charge in [-0.05, 0) is 19.3 Å². The topological polar surface area (TPSA) is 43.8 Å². The summed E-state index contributed by atoms with van der Waals surface area (Å²) in [6.45, 7) is 2.27. The average Bonchev–Trinajstić information content (AvgIpc) is 2.74. The summed E-state index contributed by atoms with van der Waals surface area (Å²) in [5.74, 6) is 1.28. The number of rotatable bonds is 8. The van der Waals surface area contributed by atoms with E-state index < -0.39 is 0 Å². The molecular formula is C17H31N3. The Labute approximate surface area is 124 Å². The van der Waals surface area contributed by atoms with E-state index in [1.54, 1.807) is 0 Å². The normalized spacial score (nSPS) is 18.2. The minimum absolute atomic E-state index is 0.323. The third-order valence-corrected chi connectivity index (χ3v) is 4.60. The first kappa shape index (κ1) is 15.6. The van der Waals surface area contributed by atoms with E-state index in [2.05, 4.69) is 18.5 Å². The van der Waals surface area contributed by atoms with Crippen LogP contribution in [-0.4, -0.2) is 15.6 Å². The molecule has 2 rings (SSSR count). The van der Waals surface area contributed by atoms with Crippen LogP contribution >= 0.6 is 0 Å². The van der Waals surface area contributed by atoms with Crippen molar-refractivity contribution in [1.29, 1.82) is 0 Å². The van der Waals surface area contributed by atoms with Gasteiger partial charge in [-0.1, -0.05) is 45.4 Å². The fourth-order valence-electron chi connectivity index (χ4n) is 3.26. The zero-order valence-corrected chi connectivity index (χ0v) is 13.3. The number of nitrogens with two attached hydrogens (primary N) is 1. The Balaban J connectivity index is 1.74. The maximum atomic E-state index is 6.04. The van der Waals surface area contributed by atoms with Gasteiger partial charge in [0.25, 0.3) is 0 Å². The maximum absolute atomic E-state index is 6.04.